The third-order valence-electron chi connectivity index (χ3n) is 3.55. The number of carbonyl (C=O) groups is 2. The van der Waals surface area contributed by atoms with Crippen LogP contribution in [0.5, 0.6) is 0 Å². The lowest BCUT2D eigenvalue weighted by molar-refractivity contribution is -0.131. The molecule has 0 aromatic carbocycles. The molecule has 21 heavy (non-hydrogen) atoms. The number of nitrogens with zero attached hydrogens (tertiary/aromatic N) is 2. The van der Waals surface area contributed by atoms with Crippen LogP contribution in [0.3, 0.4) is 0 Å². The number of carboxylic acids is 1. The Morgan fingerprint density at radius 2 is 2.29 bits per heavy atom. The predicted molar refractivity (Wildman–Crippen MR) is 76.6 cm³/mol. The first-order valence-electron chi connectivity index (χ1n) is 6.87. The van der Waals surface area contributed by atoms with E-state index in [9.17, 15) is 14.7 Å². The van der Waals surface area contributed by atoms with E-state index >= 15 is 0 Å². The summed E-state index contributed by atoms with van der Waals surface area (Å²) >= 11 is 0. The van der Waals surface area contributed by atoms with Crippen molar-refractivity contribution in [3.05, 3.63) is 35.7 Å². The fourth-order valence-corrected chi connectivity index (χ4v) is 2.46. The fourth-order valence-electron chi connectivity index (χ4n) is 2.46. The van der Waals surface area contributed by atoms with Crippen LogP contribution in [0.1, 0.15) is 28.8 Å². The van der Waals surface area contributed by atoms with Gasteiger partial charge in [0.1, 0.15) is 0 Å². The fraction of sp³-hybridized carbons (Fsp3) is 0.400. The van der Waals surface area contributed by atoms with E-state index in [4.69, 9.17) is 5.11 Å². The standard InChI is InChI=1S/C15H18N2O4/c18-10-11-2-1-7-17(9-11)15(21)13-5-6-16-8-12(13)3-4-14(19)20/h3-6,8,11,18H,1-2,7,9-10H2,(H,19,20). The van der Waals surface area contributed by atoms with Gasteiger partial charge in [0.15, 0.2) is 0 Å². The summed E-state index contributed by atoms with van der Waals surface area (Å²) in [6.45, 7) is 1.26. The molecular formula is C15H18N2O4. The lowest BCUT2D eigenvalue weighted by Crippen LogP contribution is -2.41. The van der Waals surface area contributed by atoms with Gasteiger partial charge in [-0.05, 0) is 30.9 Å². The SMILES string of the molecule is O=C(O)C=Cc1cnccc1C(=O)N1CCCC(CO)C1. The summed E-state index contributed by atoms with van der Waals surface area (Å²) in [5.41, 5.74) is 0.914. The number of amides is 1. The number of aliphatic hydroxyl groups excluding tert-OH is 1. The van der Waals surface area contributed by atoms with E-state index in [1.807, 2.05) is 0 Å². The minimum atomic E-state index is -1.07. The lowest BCUT2D eigenvalue weighted by Gasteiger charge is -2.32. The molecule has 1 saturated heterocycles. The molecule has 2 rings (SSSR count). The maximum Gasteiger partial charge on any atom is 0.328 e. The molecule has 1 atom stereocenters. The highest BCUT2D eigenvalue weighted by Gasteiger charge is 2.25. The number of aromatic nitrogens is 1. The summed E-state index contributed by atoms with van der Waals surface area (Å²) < 4.78 is 0. The molecule has 2 N–H and O–H groups in total. The highest BCUT2D eigenvalue weighted by molar-refractivity contribution is 5.98. The van der Waals surface area contributed by atoms with Crippen LogP contribution in [0.2, 0.25) is 0 Å². The smallest absolute Gasteiger partial charge is 0.328 e. The third kappa shape index (κ3) is 3.88. The number of likely N-dealkylation sites (tertiary alicyclic amines) is 1. The zero-order valence-corrected chi connectivity index (χ0v) is 11.6. The van der Waals surface area contributed by atoms with Gasteiger partial charge in [-0.25, -0.2) is 4.79 Å². The second-order valence-electron chi connectivity index (χ2n) is 5.08. The Bertz CT molecular complexity index is 556. The van der Waals surface area contributed by atoms with Crippen molar-refractivity contribution in [3.8, 4) is 0 Å². The van der Waals surface area contributed by atoms with Gasteiger partial charge >= 0.3 is 5.97 Å². The molecule has 1 aliphatic rings. The quantitative estimate of drug-likeness (QED) is 0.808. The van der Waals surface area contributed by atoms with Gasteiger partial charge in [-0.15, -0.1) is 0 Å². The number of hydrogen-bond acceptors (Lipinski definition) is 4. The Labute approximate surface area is 122 Å². The number of carboxylic acid groups (broad SMARTS) is 1. The minimum absolute atomic E-state index is 0.0753. The molecule has 112 valence electrons. The number of aliphatic hydroxyl groups is 1. The number of pyridine rings is 1. The highest BCUT2D eigenvalue weighted by atomic mass is 16.4. The first kappa shape index (κ1) is 15.2. The zero-order valence-electron chi connectivity index (χ0n) is 11.6. The summed E-state index contributed by atoms with van der Waals surface area (Å²) in [6.07, 6.45) is 7.13. The highest BCUT2D eigenvalue weighted by Crippen LogP contribution is 2.20. The lowest BCUT2D eigenvalue weighted by atomic mass is 9.98. The molecule has 0 saturated carbocycles. The maximum absolute atomic E-state index is 12.6. The Hall–Kier alpha value is -2.21. The van der Waals surface area contributed by atoms with Crippen LogP contribution < -0.4 is 0 Å². The molecule has 1 aliphatic heterocycles. The van der Waals surface area contributed by atoms with Crippen LogP contribution in [0.25, 0.3) is 6.08 Å². The van der Waals surface area contributed by atoms with E-state index in [0.29, 0.717) is 24.2 Å². The van der Waals surface area contributed by atoms with Crippen LogP contribution in [-0.4, -0.2) is 51.7 Å². The summed E-state index contributed by atoms with van der Waals surface area (Å²) in [6, 6.07) is 1.59. The van der Waals surface area contributed by atoms with E-state index in [1.165, 1.54) is 18.5 Å². The number of hydrogen-bond donors (Lipinski definition) is 2. The van der Waals surface area contributed by atoms with Gasteiger partial charge in [0.25, 0.3) is 5.91 Å². The van der Waals surface area contributed by atoms with Crippen molar-refractivity contribution in [1.82, 2.24) is 9.88 Å². The van der Waals surface area contributed by atoms with Crippen molar-refractivity contribution in [2.75, 3.05) is 19.7 Å². The first-order valence-corrected chi connectivity index (χ1v) is 6.87. The number of aliphatic carboxylic acids is 1. The van der Waals surface area contributed by atoms with E-state index < -0.39 is 5.97 Å². The van der Waals surface area contributed by atoms with E-state index in [0.717, 1.165) is 18.9 Å². The van der Waals surface area contributed by atoms with Crippen molar-refractivity contribution in [2.24, 2.45) is 5.92 Å². The van der Waals surface area contributed by atoms with Gasteiger partial charge in [0, 0.05) is 49.3 Å². The van der Waals surface area contributed by atoms with Crippen molar-refractivity contribution in [3.63, 3.8) is 0 Å². The van der Waals surface area contributed by atoms with Crippen LogP contribution in [0, 0.1) is 5.92 Å². The average Bonchev–Trinajstić information content (AvgIpc) is 2.52. The predicted octanol–water partition coefficient (Wildman–Crippen LogP) is 1.02. The monoisotopic (exact) mass is 290 g/mol. The number of piperidine rings is 1. The molecule has 6 heteroatoms. The van der Waals surface area contributed by atoms with Crippen LogP contribution in [0.4, 0.5) is 0 Å². The molecule has 1 unspecified atom stereocenters. The van der Waals surface area contributed by atoms with Gasteiger partial charge in [-0.1, -0.05) is 0 Å². The topological polar surface area (TPSA) is 90.7 Å². The summed E-state index contributed by atoms with van der Waals surface area (Å²) in [7, 11) is 0. The molecule has 1 aromatic heterocycles. The molecule has 0 radical (unpaired) electrons. The summed E-state index contributed by atoms with van der Waals surface area (Å²) in [5.74, 6) is -1.11. The Morgan fingerprint density at radius 3 is 3.00 bits per heavy atom. The van der Waals surface area contributed by atoms with Crippen molar-refractivity contribution < 1.29 is 19.8 Å². The van der Waals surface area contributed by atoms with Crippen molar-refractivity contribution in [1.29, 1.82) is 0 Å². The molecule has 6 nitrogen and oxygen atoms in total. The third-order valence-corrected chi connectivity index (χ3v) is 3.55. The average molecular weight is 290 g/mol. The molecular weight excluding hydrogens is 272 g/mol. The van der Waals surface area contributed by atoms with Crippen molar-refractivity contribution >= 4 is 18.0 Å². The molecule has 1 amide bonds. The van der Waals surface area contributed by atoms with Crippen LogP contribution in [-0.2, 0) is 4.79 Å². The number of rotatable bonds is 4. The van der Waals surface area contributed by atoms with Crippen LogP contribution in [0.15, 0.2) is 24.5 Å². The van der Waals surface area contributed by atoms with Crippen molar-refractivity contribution in [2.45, 2.75) is 12.8 Å². The van der Waals surface area contributed by atoms with Gasteiger partial charge < -0.3 is 15.1 Å². The molecule has 0 bridgehead atoms. The van der Waals surface area contributed by atoms with E-state index in [2.05, 4.69) is 4.98 Å². The van der Waals surface area contributed by atoms with Gasteiger partial charge in [0.05, 0.1) is 0 Å². The molecule has 0 spiro atoms. The summed E-state index contributed by atoms with van der Waals surface area (Å²) in [5, 5.41) is 17.9. The molecule has 1 fully saturated rings. The van der Waals surface area contributed by atoms with Gasteiger partial charge in [-0.2, -0.15) is 0 Å². The zero-order chi connectivity index (χ0) is 15.2. The number of carbonyl (C=O) groups excluding carboxylic acids is 1. The largest absolute Gasteiger partial charge is 0.478 e. The molecule has 2 heterocycles. The normalized spacial score (nSPS) is 18.9. The van der Waals surface area contributed by atoms with E-state index in [-0.39, 0.29) is 18.4 Å². The second-order valence-corrected chi connectivity index (χ2v) is 5.08. The summed E-state index contributed by atoms with van der Waals surface area (Å²) in [4.78, 5) is 28.8. The Balaban J connectivity index is 2.20. The van der Waals surface area contributed by atoms with Crippen LogP contribution >= 0.6 is 0 Å². The molecule has 1 aromatic rings. The molecule has 0 aliphatic carbocycles. The first-order chi connectivity index (χ1) is 10.1. The van der Waals surface area contributed by atoms with E-state index in [1.54, 1.807) is 11.0 Å². The maximum atomic E-state index is 12.6. The van der Waals surface area contributed by atoms with Gasteiger partial charge in [0.2, 0.25) is 0 Å². The Morgan fingerprint density at radius 1 is 1.48 bits per heavy atom. The second kappa shape index (κ2) is 6.99. The minimum Gasteiger partial charge on any atom is -0.478 e. The van der Waals surface area contributed by atoms with Gasteiger partial charge in [-0.3, -0.25) is 9.78 Å². The Kier molecular flexibility index (Phi) is 5.05.